The van der Waals surface area contributed by atoms with Gasteiger partial charge in [0.15, 0.2) is 0 Å². The van der Waals surface area contributed by atoms with Crippen LogP contribution in [0.3, 0.4) is 0 Å². The van der Waals surface area contributed by atoms with Crippen LogP contribution in [-0.2, 0) is 14.3 Å². The third kappa shape index (κ3) is 7.29. The molecule has 1 heterocycles. The number of nitrogens with one attached hydrogen (secondary N) is 2. The van der Waals surface area contributed by atoms with Gasteiger partial charge in [0.2, 0.25) is 5.91 Å². The highest BCUT2D eigenvalue weighted by atomic mass is 16.6. The second-order valence-corrected chi connectivity index (χ2v) is 6.55. The molecule has 0 radical (unpaired) electrons. The highest BCUT2D eigenvalue weighted by molar-refractivity contribution is 5.95. The molecule has 0 saturated carbocycles. The summed E-state index contributed by atoms with van der Waals surface area (Å²) in [7, 11) is 1.37. The zero-order valence-corrected chi connectivity index (χ0v) is 16.3. The normalized spacial score (nSPS) is 15.5. The quantitative estimate of drug-likeness (QED) is 0.273. The summed E-state index contributed by atoms with van der Waals surface area (Å²) >= 11 is 0. The second kappa shape index (κ2) is 11.3. The molecule has 11 nitrogen and oxygen atoms in total. The van der Waals surface area contributed by atoms with Crippen LogP contribution in [0.5, 0.6) is 5.75 Å². The van der Waals surface area contributed by atoms with Gasteiger partial charge in [0.05, 0.1) is 37.4 Å². The molecule has 0 aromatic heterocycles. The van der Waals surface area contributed by atoms with Crippen LogP contribution in [0.1, 0.15) is 12.8 Å². The number of rotatable bonds is 11. The number of anilines is 1. The zero-order valence-electron chi connectivity index (χ0n) is 16.3. The molecular formula is C18H26N4O7. The van der Waals surface area contributed by atoms with Gasteiger partial charge in [0.1, 0.15) is 11.8 Å². The van der Waals surface area contributed by atoms with Crippen LogP contribution in [0.4, 0.5) is 11.4 Å². The fraction of sp³-hybridized carbons (Fsp3) is 0.556. The molecule has 0 bridgehead atoms. The molecular weight excluding hydrogens is 384 g/mol. The van der Waals surface area contributed by atoms with E-state index in [-0.39, 0.29) is 23.5 Å². The van der Waals surface area contributed by atoms with Crippen LogP contribution < -0.4 is 15.4 Å². The number of benzene rings is 1. The van der Waals surface area contributed by atoms with E-state index in [2.05, 4.69) is 15.5 Å². The second-order valence-electron chi connectivity index (χ2n) is 6.55. The Morgan fingerprint density at radius 2 is 2.10 bits per heavy atom. The molecule has 1 unspecified atom stereocenters. The van der Waals surface area contributed by atoms with Crippen molar-refractivity contribution in [2.24, 2.45) is 0 Å². The van der Waals surface area contributed by atoms with Crippen molar-refractivity contribution >= 4 is 23.3 Å². The van der Waals surface area contributed by atoms with Gasteiger partial charge < -0.3 is 25.2 Å². The number of non-ortho nitro benzene ring substituents is 1. The Morgan fingerprint density at radius 3 is 2.72 bits per heavy atom. The van der Waals surface area contributed by atoms with Gasteiger partial charge in [-0.05, 0) is 25.6 Å². The standard InChI is InChI=1S/C18H26N4O7/c1-28-16-4-3-13(22(26)27)11-14(16)20-17(23)12-15(18(24)25)19-5-2-6-21-7-9-29-10-8-21/h3-4,11,15,19H,2,5-10,12H2,1H3,(H,20,23)(H,24,25). The first-order valence-electron chi connectivity index (χ1n) is 9.29. The molecule has 1 aromatic carbocycles. The molecule has 1 aliphatic rings. The lowest BCUT2D eigenvalue weighted by molar-refractivity contribution is -0.384. The van der Waals surface area contributed by atoms with E-state index in [1.165, 1.54) is 25.3 Å². The predicted octanol–water partition coefficient (Wildman–Crippen LogP) is 0.697. The molecule has 29 heavy (non-hydrogen) atoms. The number of carboxylic acids is 1. The largest absolute Gasteiger partial charge is 0.495 e. The van der Waals surface area contributed by atoms with E-state index in [9.17, 15) is 24.8 Å². The highest BCUT2D eigenvalue weighted by Gasteiger charge is 2.22. The molecule has 1 saturated heterocycles. The summed E-state index contributed by atoms with van der Waals surface area (Å²) in [6, 6.07) is 2.73. The number of nitrogens with zero attached hydrogens (tertiary/aromatic N) is 2. The smallest absolute Gasteiger partial charge is 0.321 e. The third-order valence-corrected chi connectivity index (χ3v) is 4.50. The van der Waals surface area contributed by atoms with Crippen molar-refractivity contribution in [2.45, 2.75) is 18.9 Å². The lowest BCUT2D eigenvalue weighted by atomic mass is 10.1. The van der Waals surface area contributed by atoms with E-state index in [4.69, 9.17) is 9.47 Å². The highest BCUT2D eigenvalue weighted by Crippen LogP contribution is 2.29. The minimum atomic E-state index is -1.14. The van der Waals surface area contributed by atoms with Gasteiger partial charge in [-0.1, -0.05) is 0 Å². The lowest BCUT2D eigenvalue weighted by Gasteiger charge is -2.26. The summed E-state index contributed by atoms with van der Waals surface area (Å²) < 4.78 is 10.4. The van der Waals surface area contributed by atoms with Gasteiger partial charge in [-0.2, -0.15) is 0 Å². The minimum absolute atomic E-state index is 0.114. The number of hydrogen-bond donors (Lipinski definition) is 3. The van der Waals surface area contributed by atoms with Crippen LogP contribution in [0, 0.1) is 10.1 Å². The summed E-state index contributed by atoms with van der Waals surface area (Å²) in [5.74, 6) is -1.48. The maximum Gasteiger partial charge on any atom is 0.321 e. The number of morpholine rings is 1. The molecule has 2 rings (SSSR count). The Hall–Kier alpha value is -2.76. The van der Waals surface area contributed by atoms with E-state index in [1.54, 1.807) is 0 Å². The number of hydrogen-bond acceptors (Lipinski definition) is 8. The van der Waals surface area contributed by atoms with Crippen molar-refractivity contribution in [3.05, 3.63) is 28.3 Å². The van der Waals surface area contributed by atoms with Crippen molar-refractivity contribution in [1.29, 1.82) is 0 Å². The number of aliphatic carboxylic acids is 1. The maximum atomic E-state index is 12.3. The Balaban J connectivity index is 1.86. The number of nitro benzene ring substituents is 1. The zero-order chi connectivity index (χ0) is 21.2. The number of ether oxygens (including phenoxy) is 2. The fourth-order valence-electron chi connectivity index (χ4n) is 2.94. The monoisotopic (exact) mass is 410 g/mol. The van der Waals surface area contributed by atoms with E-state index < -0.39 is 22.8 Å². The first-order chi connectivity index (χ1) is 13.9. The van der Waals surface area contributed by atoms with Crippen LogP contribution >= 0.6 is 0 Å². The van der Waals surface area contributed by atoms with E-state index in [0.29, 0.717) is 19.8 Å². The summed E-state index contributed by atoms with van der Waals surface area (Å²) in [4.78, 5) is 36.3. The van der Waals surface area contributed by atoms with Crippen molar-refractivity contribution in [3.8, 4) is 5.75 Å². The predicted molar refractivity (Wildman–Crippen MR) is 104 cm³/mol. The number of amides is 1. The van der Waals surface area contributed by atoms with Crippen LogP contribution in [-0.4, -0.2) is 79.4 Å². The fourth-order valence-corrected chi connectivity index (χ4v) is 2.94. The number of carbonyl (C=O) groups is 2. The maximum absolute atomic E-state index is 12.3. The number of carbonyl (C=O) groups excluding carboxylic acids is 1. The number of nitro groups is 1. The third-order valence-electron chi connectivity index (χ3n) is 4.50. The molecule has 160 valence electrons. The van der Waals surface area contributed by atoms with E-state index >= 15 is 0 Å². The Kier molecular flexibility index (Phi) is 8.77. The van der Waals surface area contributed by atoms with Gasteiger partial charge in [0, 0.05) is 25.2 Å². The molecule has 1 fully saturated rings. The molecule has 1 aromatic rings. The van der Waals surface area contributed by atoms with Crippen molar-refractivity contribution < 1.29 is 29.1 Å². The topological polar surface area (TPSA) is 143 Å². The van der Waals surface area contributed by atoms with Crippen LogP contribution in [0.15, 0.2) is 18.2 Å². The van der Waals surface area contributed by atoms with Gasteiger partial charge in [0.25, 0.3) is 5.69 Å². The van der Waals surface area contributed by atoms with Crippen LogP contribution in [0.2, 0.25) is 0 Å². The van der Waals surface area contributed by atoms with Crippen molar-refractivity contribution in [2.75, 3.05) is 51.8 Å². The first-order valence-corrected chi connectivity index (χ1v) is 9.29. The summed E-state index contributed by atoms with van der Waals surface area (Å²) in [5.41, 5.74) is -0.0970. The summed E-state index contributed by atoms with van der Waals surface area (Å²) in [5, 5.41) is 25.7. The SMILES string of the molecule is COc1ccc([N+](=O)[O-])cc1NC(=O)CC(NCCCN1CCOCC1)C(=O)O. The number of carboxylic acid groups (broad SMARTS) is 1. The number of methoxy groups -OCH3 is 1. The van der Waals surface area contributed by atoms with Gasteiger partial charge in [-0.15, -0.1) is 0 Å². The Morgan fingerprint density at radius 1 is 1.38 bits per heavy atom. The average Bonchev–Trinajstić information content (AvgIpc) is 2.70. The average molecular weight is 410 g/mol. The van der Waals surface area contributed by atoms with Crippen molar-refractivity contribution in [1.82, 2.24) is 10.2 Å². The Bertz CT molecular complexity index is 722. The van der Waals surface area contributed by atoms with Gasteiger partial charge in [-0.25, -0.2) is 0 Å². The van der Waals surface area contributed by atoms with E-state index in [0.717, 1.165) is 26.1 Å². The summed E-state index contributed by atoms with van der Waals surface area (Å²) in [6.07, 6.45) is 0.419. The van der Waals surface area contributed by atoms with E-state index in [1.807, 2.05) is 0 Å². The first kappa shape index (κ1) is 22.5. The molecule has 1 amide bonds. The van der Waals surface area contributed by atoms with Crippen LogP contribution in [0.25, 0.3) is 0 Å². The lowest BCUT2D eigenvalue weighted by Crippen LogP contribution is -2.42. The minimum Gasteiger partial charge on any atom is -0.495 e. The van der Waals surface area contributed by atoms with Crippen molar-refractivity contribution in [3.63, 3.8) is 0 Å². The molecule has 1 aliphatic heterocycles. The molecule has 11 heteroatoms. The van der Waals surface area contributed by atoms with Gasteiger partial charge in [-0.3, -0.25) is 24.6 Å². The van der Waals surface area contributed by atoms with Gasteiger partial charge >= 0.3 is 5.97 Å². The molecule has 0 spiro atoms. The Labute approximate surface area is 168 Å². The summed E-state index contributed by atoms with van der Waals surface area (Å²) in [6.45, 7) is 4.38. The molecule has 3 N–H and O–H groups in total. The molecule has 0 aliphatic carbocycles. The molecule has 1 atom stereocenters.